The average molecular weight is 328 g/mol. The third-order valence-corrected chi connectivity index (χ3v) is 4.26. The molecule has 1 aliphatic rings. The normalized spacial score (nSPS) is 16.4. The Kier molecular flexibility index (Phi) is 4.25. The Morgan fingerprint density at radius 2 is 1.96 bits per heavy atom. The number of halogens is 1. The van der Waals surface area contributed by atoms with Gasteiger partial charge in [-0.2, -0.15) is 0 Å². The van der Waals surface area contributed by atoms with Crippen LogP contribution < -0.4 is 0 Å². The molecule has 0 saturated carbocycles. The van der Waals surface area contributed by atoms with E-state index in [1.807, 2.05) is 19.1 Å². The zero-order chi connectivity index (χ0) is 16.4. The number of amides is 2. The number of nitrogens with zero attached hydrogens (tertiary/aromatic N) is 2. The van der Waals surface area contributed by atoms with Crippen molar-refractivity contribution >= 4 is 29.0 Å². The van der Waals surface area contributed by atoms with Gasteiger partial charge in [-0.05, 0) is 43.0 Å². The lowest BCUT2D eigenvalue weighted by Gasteiger charge is -2.12. The van der Waals surface area contributed by atoms with Gasteiger partial charge in [0.2, 0.25) is 0 Å². The van der Waals surface area contributed by atoms with E-state index in [0.717, 1.165) is 22.4 Å². The number of carbonyl (C=O) groups is 2. The van der Waals surface area contributed by atoms with Gasteiger partial charge >= 0.3 is 0 Å². The summed E-state index contributed by atoms with van der Waals surface area (Å²) in [5.41, 5.74) is 1.75. The minimum atomic E-state index is -0.434. The maximum Gasteiger partial charge on any atom is 0.293 e. The molecule has 1 aromatic heterocycles. The summed E-state index contributed by atoms with van der Waals surface area (Å²) in [5, 5.41) is -0.405. The van der Waals surface area contributed by atoms with Gasteiger partial charge in [0.15, 0.2) is 0 Å². The molecule has 3 rings (SSSR count). The molecule has 1 saturated heterocycles. The lowest BCUT2D eigenvalue weighted by atomic mass is 10.2. The van der Waals surface area contributed by atoms with Crippen LogP contribution in [0, 0.1) is 12.7 Å². The van der Waals surface area contributed by atoms with Crippen molar-refractivity contribution in [1.82, 2.24) is 9.88 Å². The van der Waals surface area contributed by atoms with Gasteiger partial charge < -0.3 is 0 Å². The van der Waals surface area contributed by atoms with Gasteiger partial charge in [0, 0.05) is 11.3 Å². The van der Waals surface area contributed by atoms with Crippen LogP contribution in [0.1, 0.15) is 17.0 Å². The number of imide groups is 1. The molecule has 0 aliphatic carbocycles. The van der Waals surface area contributed by atoms with Crippen LogP contribution in [0.15, 0.2) is 47.4 Å². The Morgan fingerprint density at radius 3 is 2.70 bits per heavy atom. The fourth-order valence-corrected chi connectivity index (χ4v) is 3.04. The predicted molar refractivity (Wildman–Crippen MR) is 86.9 cm³/mol. The largest absolute Gasteiger partial charge is 0.293 e. The van der Waals surface area contributed by atoms with Gasteiger partial charge in [-0.15, -0.1) is 0 Å². The summed E-state index contributed by atoms with van der Waals surface area (Å²) in [6.07, 6.45) is 1.58. The summed E-state index contributed by atoms with van der Waals surface area (Å²) in [7, 11) is 0. The van der Waals surface area contributed by atoms with Crippen molar-refractivity contribution in [3.05, 3.63) is 70.1 Å². The van der Waals surface area contributed by atoms with E-state index >= 15 is 0 Å². The minimum absolute atomic E-state index is 0.0735. The molecule has 23 heavy (non-hydrogen) atoms. The summed E-state index contributed by atoms with van der Waals surface area (Å²) in [5.74, 6) is -0.859. The highest BCUT2D eigenvalue weighted by Crippen LogP contribution is 2.33. The fourth-order valence-electron chi connectivity index (χ4n) is 2.21. The second kappa shape index (κ2) is 6.34. The molecule has 2 heterocycles. The Morgan fingerprint density at radius 1 is 1.17 bits per heavy atom. The zero-order valence-corrected chi connectivity index (χ0v) is 13.1. The van der Waals surface area contributed by atoms with E-state index in [2.05, 4.69) is 4.98 Å². The van der Waals surface area contributed by atoms with Crippen molar-refractivity contribution < 1.29 is 14.0 Å². The maximum absolute atomic E-state index is 13.7. The van der Waals surface area contributed by atoms with Crippen LogP contribution in [-0.4, -0.2) is 21.0 Å². The molecule has 1 aliphatic heterocycles. The Hall–Kier alpha value is -2.47. The van der Waals surface area contributed by atoms with E-state index in [-0.39, 0.29) is 6.54 Å². The molecule has 0 spiro atoms. The predicted octanol–water partition coefficient (Wildman–Crippen LogP) is 3.77. The topological polar surface area (TPSA) is 50.3 Å². The second-order valence-corrected chi connectivity index (χ2v) is 6.06. The van der Waals surface area contributed by atoms with Crippen LogP contribution in [0.25, 0.3) is 6.08 Å². The standard InChI is InChI=1S/C17H13FN2O2S/c1-11-5-4-7-13(19-11)9-15-16(21)20(17(22)23-15)10-12-6-2-3-8-14(12)18/h2-9H,10H2,1H3/b15-9-. The van der Waals surface area contributed by atoms with Gasteiger partial charge in [0.05, 0.1) is 17.1 Å². The van der Waals surface area contributed by atoms with E-state index < -0.39 is 17.0 Å². The third-order valence-electron chi connectivity index (χ3n) is 3.35. The summed E-state index contributed by atoms with van der Waals surface area (Å²) in [6, 6.07) is 11.5. The van der Waals surface area contributed by atoms with Crippen LogP contribution in [0.5, 0.6) is 0 Å². The molecule has 0 N–H and O–H groups in total. The van der Waals surface area contributed by atoms with Gasteiger partial charge in [0.1, 0.15) is 5.82 Å². The zero-order valence-electron chi connectivity index (χ0n) is 12.3. The van der Waals surface area contributed by atoms with Crippen molar-refractivity contribution in [2.45, 2.75) is 13.5 Å². The van der Waals surface area contributed by atoms with E-state index in [9.17, 15) is 14.0 Å². The molecule has 1 aromatic carbocycles. The molecule has 116 valence electrons. The first-order valence-electron chi connectivity index (χ1n) is 6.97. The summed E-state index contributed by atoms with van der Waals surface area (Å²) < 4.78 is 13.7. The van der Waals surface area contributed by atoms with E-state index in [1.165, 1.54) is 6.07 Å². The number of thioether (sulfide) groups is 1. The number of pyridine rings is 1. The number of benzene rings is 1. The molecule has 1 fully saturated rings. The second-order valence-electron chi connectivity index (χ2n) is 5.06. The number of carbonyl (C=O) groups excluding carboxylic acids is 2. The van der Waals surface area contributed by atoms with Gasteiger partial charge in [-0.25, -0.2) is 4.39 Å². The molecule has 2 aromatic rings. The minimum Gasteiger partial charge on any atom is -0.268 e. The van der Waals surface area contributed by atoms with Gasteiger partial charge in [-0.1, -0.05) is 24.3 Å². The molecule has 4 nitrogen and oxygen atoms in total. The molecular weight excluding hydrogens is 315 g/mol. The monoisotopic (exact) mass is 328 g/mol. The number of rotatable bonds is 3. The van der Waals surface area contributed by atoms with Crippen molar-refractivity contribution in [2.75, 3.05) is 0 Å². The summed E-state index contributed by atoms with van der Waals surface area (Å²) >= 11 is 0.844. The Bertz CT molecular complexity index is 820. The molecule has 6 heteroatoms. The lowest BCUT2D eigenvalue weighted by Crippen LogP contribution is -2.27. The molecule has 0 unspecified atom stereocenters. The quantitative estimate of drug-likeness (QED) is 0.805. The van der Waals surface area contributed by atoms with Gasteiger partial charge in [0.25, 0.3) is 11.1 Å². The smallest absolute Gasteiger partial charge is 0.268 e. The molecule has 0 bridgehead atoms. The van der Waals surface area contributed by atoms with Gasteiger partial charge in [-0.3, -0.25) is 19.5 Å². The summed E-state index contributed by atoms with van der Waals surface area (Å²) in [4.78, 5) is 30.1. The summed E-state index contributed by atoms with van der Waals surface area (Å²) in [6.45, 7) is 1.77. The van der Waals surface area contributed by atoms with E-state index in [0.29, 0.717) is 16.2 Å². The first kappa shape index (κ1) is 15.4. The SMILES string of the molecule is Cc1cccc(/C=C2\SC(=O)N(Cc3ccccc3F)C2=O)n1. The number of aromatic nitrogens is 1. The van der Waals surface area contributed by atoms with Crippen molar-refractivity contribution in [2.24, 2.45) is 0 Å². The Labute approximate surface area is 137 Å². The van der Waals surface area contributed by atoms with E-state index in [4.69, 9.17) is 0 Å². The van der Waals surface area contributed by atoms with Crippen LogP contribution in [0.3, 0.4) is 0 Å². The number of aryl methyl sites for hydroxylation is 1. The van der Waals surface area contributed by atoms with Crippen molar-refractivity contribution in [3.63, 3.8) is 0 Å². The van der Waals surface area contributed by atoms with Crippen molar-refractivity contribution in [3.8, 4) is 0 Å². The maximum atomic E-state index is 13.7. The number of hydrogen-bond acceptors (Lipinski definition) is 4. The van der Waals surface area contributed by atoms with Crippen LogP contribution in [-0.2, 0) is 11.3 Å². The lowest BCUT2D eigenvalue weighted by molar-refractivity contribution is -0.123. The molecule has 2 amide bonds. The van der Waals surface area contributed by atoms with Crippen LogP contribution in [0.4, 0.5) is 9.18 Å². The average Bonchev–Trinajstić information content (AvgIpc) is 2.77. The number of hydrogen-bond donors (Lipinski definition) is 0. The first-order valence-corrected chi connectivity index (χ1v) is 7.78. The van der Waals surface area contributed by atoms with E-state index in [1.54, 1.807) is 30.3 Å². The van der Waals surface area contributed by atoms with Crippen molar-refractivity contribution in [1.29, 1.82) is 0 Å². The highest BCUT2D eigenvalue weighted by Gasteiger charge is 2.35. The Balaban J connectivity index is 1.84. The highest BCUT2D eigenvalue weighted by atomic mass is 32.2. The fraction of sp³-hybridized carbons (Fsp3) is 0.118. The van der Waals surface area contributed by atoms with Crippen LogP contribution in [0.2, 0.25) is 0 Å². The third kappa shape index (κ3) is 3.32. The first-order chi connectivity index (χ1) is 11.0. The highest BCUT2D eigenvalue weighted by molar-refractivity contribution is 8.18. The molecule has 0 radical (unpaired) electrons. The molecule has 0 atom stereocenters. The molecular formula is C17H13FN2O2S. The van der Waals surface area contributed by atoms with Crippen LogP contribution >= 0.6 is 11.8 Å².